The number of nitrogens with two attached hydrogens (primary N) is 1. The summed E-state index contributed by atoms with van der Waals surface area (Å²) >= 11 is 3.99. The molecule has 0 bridgehead atoms. The minimum Gasteiger partial charge on any atom is -0.480 e. The Morgan fingerprint density at radius 1 is 1.21 bits per heavy atom. The first-order valence-electron chi connectivity index (χ1n) is 9.73. The number of hydrogen-bond acceptors (Lipinski definition) is 7. The van der Waals surface area contributed by atoms with Gasteiger partial charge < -0.3 is 31.5 Å². The number of aliphatic carboxylic acids is 1. The van der Waals surface area contributed by atoms with Crippen molar-refractivity contribution < 1.29 is 29.4 Å². The zero-order valence-electron chi connectivity index (χ0n) is 17.0. The Morgan fingerprint density at radius 3 is 2.31 bits per heavy atom. The van der Waals surface area contributed by atoms with Crippen LogP contribution >= 0.6 is 12.6 Å². The van der Waals surface area contributed by atoms with E-state index < -0.39 is 54.0 Å². The average Bonchev–Trinajstić information content (AvgIpc) is 3.17. The van der Waals surface area contributed by atoms with Gasteiger partial charge in [-0.05, 0) is 25.7 Å². The molecule has 166 valence electrons. The number of likely N-dealkylation sites (tertiary alicyclic amines) is 1. The first-order chi connectivity index (χ1) is 13.5. The molecule has 1 saturated heterocycles. The van der Waals surface area contributed by atoms with Gasteiger partial charge in [0, 0.05) is 12.3 Å². The molecule has 1 heterocycles. The molecule has 0 aromatic heterocycles. The molecule has 3 amide bonds. The molecule has 6 atom stereocenters. The zero-order valence-corrected chi connectivity index (χ0v) is 17.9. The number of carbonyl (C=O) groups excluding carboxylic acids is 3. The van der Waals surface area contributed by atoms with Gasteiger partial charge >= 0.3 is 5.97 Å². The highest BCUT2D eigenvalue weighted by molar-refractivity contribution is 7.80. The van der Waals surface area contributed by atoms with Crippen LogP contribution in [-0.4, -0.2) is 81.4 Å². The Hall–Kier alpha value is -1.85. The van der Waals surface area contributed by atoms with Gasteiger partial charge in [0.1, 0.15) is 12.1 Å². The molecule has 0 aromatic carbocycles. The van der Waals surface area contributed by atoms with E-state index in [0.717, 1.165) is 0 Å². The summed E-state index contributed by atoms with van der Waals surface area (Å²) in [5, 5.41) is 23.7. The maximum Gasteiger partial charge on any atom is 0.328 e. The maximum atomic E-state index is 13.2. The third kappa shape index (κ3) is 6.58. The van der Waals surface area contributed by atoms with Crippen molar-refractivity contribution in [3.63, 3.8) is 0 Å². The van der Waals surface area contributed by atoms with Crippen LogP contribution in [0.1, 0.15) is 40.0 Å². The van der Waals surface area contributed by atoms with Crippen molar-refractivity contribution in [2.24, 2.45) is 11.7 Å². The fraction of sp³-hybridized carbons (Fsp3) is 0.778. The molecule has 1 rings (SSSR count). The summed E-state index contributed by atoms with van der Waals surface area (Å²) in [5.41, 5.74) is 5.69. The SMILES string of the molecule is CCC(C)C(NC(=O)C(N)CS)C(=O)N1CCCC1C(=O)NC(C(=O)O)C(C)O. The van der Waals surface area contributed by atoms with E-state index >= 15 is 0 Å². The molecule has 6 unspecified atom stereocenters. The Bertz CT molecular complexity index is 617. The number of carboxylic acid groups (broad SMARTS) is 1. The Morgan fingerprint density at radius 2 is 1.83 bits per heavy atom. The van der Waals surface area contributed by atoms with Gasteiger partial charge in [-0.1, -0.05) is 20.3 Å². The van der Waals surface area contributed by atoms with Crippen molar-refractivity contribution >= 4 is 36.3 Å². The Balaban J connectivity index is 2.98. The largest absolute Gasteiger partial charge is 0.480 e. The molecule has 1 fully saturated rings. The van der Waals surface area contributed by atoms with Crippen LogP contribution in [-0.2, 0) is 19.2 Å². The first kappa shape index (κ1) is 25.2. The first-order valence-corrected chi connectivity index (χ1v) is 10.4. The molecule has 10 nitrogen and oxygen atoms in total. The number of amides is 3. The highest BCUT2D eigenvalue weighted by Gasteiger charge is 2.40. The van der Waals surface area contributed by atoms with Gasteiger partial charge in [0.25, 0.3) is 0 Å². The summed E-state index contributed by atoms with van der Waals surface area (Å²) in [5.74, 6) is -3.01. The predicted octanol–water partition coefficient (Wildman–Crippen LogP) is -1.28. The van der Waals surface area contributed by atoms with Gasteiger partial charge in [0.05, 0.1) is 12.1 Å². The predicted molar refractivity (Wildman–Crippen MR) is 109 cm³/mol. The van der Waals surface area contributed by atoms with Crippen LogP contribution in [0.2, 0.25) is 0 Å². The van der Waals surface area contributed by atoms with E-state index in [1.807, 2.05) is 13.8 Å². The van der Waals surface area contributed by atoms with E-state index in [9.17, 15) is 24.3 Å². The van der Waals surface area contributed by atoms with E-state index in [1.54, 1.807) is 0 Å². The monoisotopic (exact) mass is 432 g/mol. The quantitative estimate of drug-likeness (QED) is 0.234. The number of hydrogen-bond donors (Lipinski definition) is 6. The van der Waals surface area contributed by atoms with Gasteiger partial charge in [0.2, 0.25) is 17.7 Å². The van der Waals surface area contributed by atoms with E-state index in [1.165, 1.54) is 11.8 Å². The number of nitrogens with one attached hydrogen (secondary N) is 2. The number of carboxylic acids is 1. The lowest BCUT2D eigenvalue weighted by Gasteiger charge is -2.32. The van der Waals surface area contributed by atoms with Crippen LogP contribution in [0.3, 0.4) is 0 Å². The molecule has 1 aliphatic heterocycles. The van der Waals surface area contributed by atoms with E-state index in [-0.39, 0.29) is 11.7 Å². The smallest absolute Gasteiger partial charge is 0.328 e. The minimum absolute atomic E-state index is 0.123. The Labute approximate surface area is 176 Å². The summed E-state index contributed by atoms with van der Waals surface area (Å²) in [4.78, 5) is 50.6. The standard InChI is InChI=1S/C18H32N4O6S/c1-4-9(2)13(20-15(24)11(19)8-29)17(26)22-7-5-6-12(22)16(25)21-14(10(3)23)18(27)28/h9-14,23,29H,4-8,19H2,1-3H3,(H,20,24)(H,21,25)(H,27,28). The van der Waals surface area contributed by atoms with Gasteiger partial charge in [-0.15, -0.1) is 0 Å². The van der Waals surface area contributed by atoms with Gasteiger partial charge in [-0.3, -0.25) is 14.4 Å². The molecule has 0 aromatic rings. The summed E-state index contributed by atoms with van der Waals surface area (Å²) < 4.78 is 0. The maximum absolute atomic E-state index is 13.2. The molecule has 0 aliphatic carbocycles. The van der Waals surface area contributed by atoms with Crippen LogP contribution in [0, 0.1) is 5.92 Å². The minimum atomic E-state index is -1.47. The lowest BCUT2D eigenvalue weighted by molar-refractivity contribution is -0.147. The van der Waals surface area contributed by atoms with Crippen LogP contribution < -0.4 is 16.4 Å². The zero-order chi connectivity index (χ0) is 22.3. The molecule has 0 radical (unpaired) electrons. The van der Waals surface area contributed by atoms with Crippen molar-refractivity contribution in [3.05, 3.63) is 0 Å². The second kappa shape index (κ2) is 11.4. The van der Waals surface area contributed by atoms with Crippen molar-refractivity contribution in [2.45, 2.75) is 70.3 Å². The second-order valence-electron chi connectivity index (χ2n) is 7.42. The van der Waals surface area contributed by atoms with Crippen molar-refractivity contribution in [1.82, 2.24) is 15.5 Å². The summed E-state index contributed by atoms with van der Waals surface area (Å²) in [6.07, 6.45) is 0.242. The van der Waals surface area contributed by atoms with Crippen LogP contribution in [0.15, 0.2) is 0 Å². The number of aliphatic hydroxyl groups is 1. The summed E-state index contributed by atoms with van der Waals surface area (Å²) in [6.45, 7) is 5.26. The highest BCUT2D eigenvalue weighted by atomic mass is 32.1. The molecular weight excluding hydrogens is 400 g/mol. The fourth-order valence-electron chi connectivity index (χ4n) is 3.15. The third-order valence-corrected chi connectivity index (χ3v) is 5.59. The van der Waals surface area contributed by atoms with E-state index in [2.05, 4.69) is 23.3 Å². The molecule has 11 heteroatoms. The van der Waals surface area contributed by atoms with Crippen molar-refractivity contribution in [3.8, 4) is 0 Å². The molecule has 1 aliphatic rings. The highest BCUT2D eigenvalue weighted by Crippen LogP contribution is 2.22. The average molecular weight is 433 g/mol. The van der Waals surface area contributed by atoms with Crippen LogP contribution in [0.5, 0.6) is 0 Å². The lowest BCUT2D eigenvalue weighted by atomic mass is 9.97. The topological polar surface area (TPSA) is 162 Å². The number of aliphatic hydroxyl groups excluding tert-OH is 1. The molecule has 0 spiro atoms. The number of rotatable bonds is 10. The van der Waals surface area contributed by atoms with Crippen molar-refractivity contribution in [1.29, 1.82) is 0 Å². The van der Waals surface area contributed by atoms with Gasteiger partial charge in [0.15, 0.2) is 6.04 Å². The third-order valence-electron chi connectivity index (χ3n) is 5.20. The van der Waals surface area contributed by atoms with Crippen LogP contribution in [0.4, 0.5) is 0 Å². The fourth-order valence-corrected chi connectivity index (χ4v) is 3.31. The van der Waals surface area contributed by atoms with E-state index in [0.29, 0.717) is 25.8 Å². The Kier molecular flexibility index (Phi) is 9.87. The van der Waals surface area contributed by atoms with Crippen LogP contribution in [0.25, 0.3) is 0 Å². The lowest BCUT2D eigenvalue weighted by Crippen LogP contribution is -2.59. The van der Waals surface area contributed by atoms with Crippen molar-refractivity contribution in [2.75, 3.05) is 12.3 Å². The molecular formula is C18H32N4O6S. The molecule has 0 saturated carbocycles. The molecule has 6 N–H and O–H groups in total. The summed E-state index contributed by atoms with van der Waals surface area (Å²) in [7, 11) is 0. The number of nitrogens with zero attached hydrogens (tertiary/aromatic N) is 1. The summed E-state index contributed by atoms with van der Waals surface area (Å²) in [6, 6.07) is -4.07. The normalized spacial score (nSPS) is 21.6. The van der Waals surface area contributed by atoms with E-state index in [4.69, 9.17) is 10.8 Å². The number of carbonyl (C=O) groups is 4. The molecule has 29 heavy (non-hydrogen) atoms. The van der Waals surface area contributed by atoms with Gasteiger partial charge in [-0.25, -0.2) is 4.79 Å². The van der Waals surface area contributed by atoms with Gasteiger partial charge in [-0.2, -0.15) is 12.6 Å². The number of thiol groups is 1. The second-order valence-corrected chi connectivity index (χ2v) is 7.78.